The summed E-state index contributed by atoms with van der Waals surface area (Å²) in [5.74, 6) is -0.0314. The highest BCUT2D eigenvalue weighted by Gasteiger charge is 2.05. The zero-order valence-electron chi connectivity index (χ0n) is 9.40. The number of aromatic nitrogens is 1. The molecule has 0 aliphatic carbocycles. The third-order valence-corrected chi connectivity index (χ3v) is 2.04. The fourth-order valence-electron chi connectivity index (χ4n) is 1.29. The van der Waals surface area contributed by atoms with Crippen molar-refractivity contribution in [2.75, 3.05) is 20.3 Å². The van der Waals surface area contributed by atoms with Gasteiger partial charge in [0.2, 0.25) is 0 Å². The molecule has 0 saturated carbocycles. The molecule has 5 nitrogen and oxygen atoms in total. The van der Waals surface area contributed by atoms with Crippen LogP contribution in [0.1, 0.15) is 17.7 Å². The maximum Gasteiger partial charge on any atom is 0.142 e. The van der Waals surface area contributed by atoms with Crippen molar-refractivity contribution in [2.45, 2.75) is 13.0 Å². The van der Waals surface area contributed by atoms with Gasteiger partial charge in [0, 0.05) is 32.1 Å². The highest BCUT2D eigenvalue weighted by molar-refractivity contribution is 5.94. The van der Waals surface area contributed by atoms with E-state index in [2.05, 4.69) is 4.98 Å². The van der Waals surface area contributed by atoms with Crippen LogP contribution in [0.15, 0.2) is 18.3 Å². The summed E-state index contributed by atoms with van der Waals surface area (Å²) in [6.45, 7) is 1.74. The normalized spacial score (nSPS) is 10.3. The lowest BCUT2D eigenvalue weighted by Crippen LogP contribution is -2.16. The second kappa shape index (κ2) is 6.92. The minimum absolute atomic E-state index is 0.0314. The number of ether oxygens (including phenoxy) is 2. The van der Waals surface area contributed by atoms with E-state index < -0.39 is 0 Å². The highest BCUT2D eigenvalue weighted by Crippen LogP contribution is 2.06. The quantitative estimate of drug-likeness (QED) is 0.409. The maximum atomic E-state index is 7.36. The Labute approximate surface area is 95.1 Å². The van der Waals surface area contributed by atoms with E-state index in [0.29, 0.717) is 25.5 Å². The van der Waals surface area contributed by atoms with Gasteiger partial charge in [-0.1, -0.05) is 6.07 Å². The number of nitrogens with one attached hydrogen (secondary N) is 1. The molecular formula is C11H17N3O2. The molecule has 5 heteroatoms. The van der Waals surface area contributed by atoms with E-state index in [1.807, 2.05) is 6.07 Å². The van der Waals surface area contributed by atoms with E-state index in [1.165, 1.54) is 0 Å². The van der Waals surface area contributed by atoms with Crippen LogP contribution in [0.25, 0.3) is 0 Å². The second-order valence-electron chi connectivity index (χ2n) is 3.32. The van der Waals surface area contributed by atoms with Crippen LogP contribution >= 0.6 is 0 Å². The van der Waals surface area contributed by atoms with Crippen LogP contribution in [0.5, 0.6) is 0 Å². The van der Waals surface area contributed by atoms with E-state index >= 15 is 0 Å². The molecule has 0 radical (unpaired) electrons. The molecule has 0 aliphatic heterocycles. The number of amidine groups is 1. The van der Waals surface area contributed by atoms with E-state index in [1.54, 1.807) is 19.4 Å². The maximum absolute atomic E-state index is 7.36. The Morgan fingerprint density at radius 1 is 1.50 bits per heavy atom. The number of rotatable bonds is 7. The summed E-state index contributed by atoms with van der Waals surface area (Å²) in [6.07, 6.45) is 2.47. The molecule has 0 atom stereocenters. The molecule has 3 N–H and O–H groups in total. The van der Waals surface area contributed by atoms with Crippen LogP contribution in [-0.2, 0) is 16.1 Å². The smallest absolute Gasteiger partial charge is 0.142 e. The molecule has 0 bridgehead atoms. The van der Waals surface area contributed by atoms with Crippen molar-refractivity contribution in [3.63, 3.8) is 0 Å². The van der Waals surface area contributed by atoms with Gasteiger partial charge in [-0.2, -0.15) is 0 Å². The van der Waals surface area contributed by atoms with Gasteiger partial charge in [-0.15, -0.1) is 0 Å². The van der Waals surface area contributed by atoms with Crippen molar-refractivity contribution in [1.29, 1.82) is 5.41 Å². The molecule has 0 spiro atoms. The summed E-state index contributed by atoms with van der Waals surface area (Å²) < 4.78 is 10.3. The zero-order chi connectivity index (χ0) is 11.8. The summed E-state index contributed by atoms with van der Waals surface area (Å²) in [7, 11) is 1.66. The first kappa shape index (κ1) is 12.6. The molecule has 1 aromatic heterocycles. The molecule has 1 rings (SSSR count). The first-order valence-electron chi connectivity index (χ1n) is 5.10. The number of pyridine rings is 1. The lowest BCUT2D eigenvalue weighted by molar-refractivity contribution is 0.0926. The van der Waals surface area contributed by atoms with Gasteiger partial charge in [-0.05, 0) is 12.5 Å². The lowest BCUT2D eigenvalue weighted by atomic mass is 10.2. The summed E-state index contributed by atoms with van der Waals surface area (Å²) in [6, 6.07) is 3.67. The van der Waals surface area contributed by atoms with E-state index in [4.69, 9.17) is 20.6 Å². The molecule has 0 unspecified atom stereocenters. The standard InChI is InChI=1S/C11H17N3O2/c1-15-6-3-7-16-8-9-4-2-5-14-10(9)11(12)13/h2,4-5H,3,6-8H2,1H3,(H3,12,13). The molecule has 0 aliphatic rings. The molecule has 0 fully saturated rings. The Hall–Kier alpha value is -1.46. The van der Waals surface area contributed by atoms with Gasteiger partial charge in [0.05, 0.1) is 6.61 Å². The van der Waals surface area contributed by atoms with Gasteiger partial charge < -0.3 is 15.2 Å². The molecule has 1 heterocycles. The SMILES string of the molecule is COCCCOCc1cccnc1C(=N)N. The molecular weight excluding hydrogens is 206 g/mol. The zero-order valence-corrected chi connectivity index (χ0v) is 9.40. The fourth-order valence-corrected chi connectivity index (χ4v) is 1.29. The molecule has 88 valence electrons. The Morgan fingerprint density at radius 3 is 3.00 bits per heavy atom. The van der Waals surface area contributed by atoms with E-state index in [0.717, 1.165) is 12.0 Å². The van der Waals surface area contributed by atoms with E-state index in [9.17, 15) is 0 Å². The van der Waals surface area contributed by atoms with Gasteiger partial charge in [0.25, 0.3) is 0 Å². The topological polar surface area (TPSA) is 81.2 Å². The van der Waals surface area contributed by atoms with Crippen LogP contribution in [0, 0.1) is 5.41 Å². The number of nitrogens with two attached hydrogens (primary N) is 1. The van der Waals surface area contributed by atoms with Gasteiger partial charge in [0.1, 0.15) is 11.5 Å². The van der Waals surface area contributed by atoms with Crippen molar-refractivity contribution >= 4 is 5.84 Å². The van der Waals surface area contributed by atoms with Crippen molar-refractivity contribution in [3.8, 4) is 0 Å². The van der Waals surface area contributed by atoms with Crippen molar-refractivity contribution < 1.29 is 9.47 Å². The number of nitrogen functional groups attached to an aromatic ring is 1. The predicted octanol–water partition coefficient (Wildman–Crippen LogP) is 0.919. The minimum Gasteiger partial charge on any atom is -0.385 e. The Balaban J connectivity index is 2.44. The largest absolute Gasteiger partial charge is 0.385 e. The Bertz CT molecular complexity index is 342. The van der Waals surface area contributed by atoms with Crippen molar-refractivity contribution in [2.24, 2.45) is 5.73 Å². The van der Waals surface area contributed by atoms with Crippen LogP contribution in [0.3, 0.4) is 0 Å². The first-order valence-corrected chi connectivity index (χ1v) is 5.10. The van der Waals surface area contributed by atoms with Crippen molar-refractivity contribution in [1.82, 2.24) is 4.98 Å². The number of nitrogens with zero attached hydrogens (tertiary/aromatic N) is 1. The average molecular weight is 223 g/mol. The van der Waals surface area contributed by atoms with Gasteiger partial charge >= 0.3 is 0 Å². The molecule has 16 heavy (non-hydrogen) atoms. The van der Waals surface area contributed by atoms with Crippen LogP contribution in [0.2, 0.25) is 0 Å². The molecule has 0 amide bonds. The second-order valence-corrected chi connectivity index (χ2v) is 3.32. The van der Waals surface area contributed by atoms with Crippen molar-refractivity contribution in [3.05, 3.63) is 29.6 Å². The highest BCUT2D eigenvalue weighted by atomic mass is 16.5. The number of hydrogen-bond acceptors (Lipinski definition) is 4. The summed E-state index contributed by atoms with van der Waals surface area (Å²) >= 11 is 0. The lowest BCUT2D eigenvalue weighted by Gasteiger charge is -2.07. The summed E-state index contributed by atoms with van der Waals surface area (Å²) in [4.78, 5) is 4.04. The third-order valence-electron chi connectivity index (χ3n) is 2.04. The first-order chi connectivity index (χ1) is 7.75. The van der Waals surface area contributed by atoms with Gasteiger partial charge in [-0.3, -0.25) is 10.4 Å². The molecule has 0 aromatic carbocycles. The van der Waals surface area contributed by atoms with Gasteiger partial charge in [-0.25, -0.2) is 0 Å². The third kappa shape index (κ3) is 3.96. The minimum atomic E-state index is -0.0314. The Kier molecular flexibility index (Phi) is 5.45. The summed E-state index contributed by atoms with van der Waals surface area (Å²) in [5, 5.41) is 7.36. The van der Waals surface area contributed by atoms with Gasteiger partial charge in [0.15, 0.2) is 0 Å². The Morgan fingerprint density at radius 2 is 2.31 bits per heavy atom. The molecule has 1 aromatic rings. The van der Waals surface area contributed by atoms with E-state index in [-0.39, 0.29) is 5.84 Å². The number of methoxy groups -OCH3 is 1. The fraction of sp³-hybridized carbons (Fsp3) is 0.455. The average Bonchev–Trinajstić information content (AvgIpc) is 2.29. The van der Waals surface area contributed by atoms with Crippen LogP contribution < -0.4 is 5.73 Å². The predicted molar refractivity (Wildman–Crippen MR) is 61.4 cm³/mol. The number of hydrogen-bond donors (Lipinski definition) is 2. The molecule has 0 saturated heterocycles. The summed E-state index contributed by atoms with van der Waals surface area (Å²) in [5.41, 5.74) is 6.75. The monoisotopic (exact) mass is 223 g/mol. The van der Waals surface area contributed by atoms with Crippen LogP contribution in [0.4, 0.5) is 0 Å². The van der Waals surface area contributed by atoms with Crippen LogP contribution in [-0.4, -0.2) is 31.1 Å².